The number of hydrogen-bond donors (Lipinski definition) is 1. The second-order valence-corrected chi connectivity index (χ2v) is 7.66. The Labute approximate surface area is 171 Å². The van der Waals surface area contributed by atoms with E-state index in [-0.39, 0.29) is 5.91 Å². The second kappa shape index (κ2) is 8.16. The number of carbonyl (C=O) groups excluding carboxylic acids is 1. The SMILES string of the molecule is Cc1nc(-c2ccccn2)sc1C(=O)NCCc1cc(Cl)c2c(c1)OCCO2. The van der Waals surface area contributed by atoms with Gasteiger partial charge in [-0.3, -0.25) is 9.78 Å². The van der Waals surface area contributed by atoms with Crippen molar-refractivity contribution in [2.45, 2.75) is 13.3 Å². The van der Waals surface area contributed by atoms with E-state index in [1.165, 1.54) is 11.3 Å². The molecular formula is C20H18ClN3O3S. The van der Waals surface area contributed by atoms with E-state index < -0.39 is 0 Å². The molecule has 0 saturated carbocycles. The van der Waals surface area contributed by atoms with Crippen molar-refractivity contribution in [1.29, 1.82) is 0 Å². The van der Waals surface area contributed by atoms with E-state index in [9.17, 15) is 4.79 Å². The van der Waals surface area contributed by atoms with Crippen LogP contribution in [0.15, 0.2) is 36.5 Å². The largest absolute Gasteiger partial charge is 0.486 e. The van der Waals surface area contributed by atoms with Gasteiger partial charge in [0.15, 0.2) is 11.5 Å². The normalized spacial score (nSPS) is 12.6. The lowest BCUT2D eigenvalue weighted by atomic mass is 10.1. The van der Waals surface area contributed by atoms with E-state index in [4.69, 9.17) is 21.1 Å². The molecule has 8 heteroatoms. The van der Waals surface area contributed by atoms with Crippen molar-refractivity contribution in [2.24, 2.45) is 0 Å². The summed E-state index contributed by atoms with van der Waals surface area (Å²) < 4.78 is 11.1. The monoisotopic (exact) mass is 415 g/mol. The Morgan fingerprint density at radius 1 is 1.29 bits per heavy atom. The highest BCUT2D eigenvalue weighted by molar-refractivity contribution is 7.17. The summed E-state index contributed by atoms with van der Waals surface area (Å²) in [6.07, 6.45) is 2.34. The zero-order valence-corrected chi connectivity index (χ0v) is 16.8. The van der Waals surface area contributed by atoms with E-state index in [0.717, 1.165) is 16.3 Å². The number of aryl methyl sites for hydroxylation is 1. The summed E-state index contributed by atoms with van der Waals surface area (Å²) in [6.45, 7) is 3.31. The predicted molar refractivity (Wildman–Crippen MR) is 109 cm³/mol. The average molecular weight is 416 g/mol. The number of nitrogens with one attached hydrogen (secondary N) is 1. The molecule has 1 N–H and O–H groups in total. The Balaban J connectivity index is 1.40. The molecule has 4 rings (SSSR count). The zero-order valence-electron chi connectivity index (χ0n) is 15.2. The maximum Gasteiger partial charge on any atom is 0.263 e. The molecule has 1 aliphatic rings. The fourth-order valence-corrected chi connectivity index (χ4v) is 4.16. The molecule has 0 bridgehead atoms. The second-order valence-electron chi connectivity index (χ2n) is 6.26. The molecule has 6 nitrogen and oxygen atoms in total. The molecule has 2 aromatic heterocycles. The third-order valence-electron chi connectivity index (χ3n) is 4.24. The van der Waals surface area contributed by atoms with Gasteiger partial charge >= 0.3 is 0 Å². The molecule has 0 saturated heterocycles. The van der Waals surface area contributed by atoms with Gasteiger partial charge in [-0.25, -0.2) is 4.98 Å². The number of ether oxygens (including phenoxy) is 2. The lowest BCUT2D eigenvalue weighted by Gasteiger charge is -2.20. The van der Waals surface area contributed by atoms with E-state index in [1.807, 2.05) is 37.3 Å². The smallest absolute Gasteiger partial charge is 0.263 e. The van der Waals surface area contributed by atoms with Crippen molar-refractivity contribution in [1.82, 2.24) is 15.3 Å². The number of aromatic nitrogens is 2. The zero-order chi connectivity index (χ0) is 19.5. The van der Waals surface area contributed by atoms with Crippen LogP contribution in [0, 0.1) is 6.92 Å². The topological polar surface area (TPSA) is 73.3 Å². The van der Waals surface area contributed by atoms with Gasteiger partial charge in [0.25, 0.3) is 5.91 Å². The van der Waals surface area contributed by atoms with Gasteiger partial charge in [-0.15, -0.1) is 11.3 Å². The molecule has 1 amide bonds. The van der Waals surface area contributed by atoms with Crippen LogP contribution in [-0.2, 0) is 6.42 Å². The Bertz CT molecular complexity index is 1010. The molecule has 3 aromatic rings. The number of fused-ring (bicyclic) bond motifs is 1. The van der Waals surface area contributed by atoms with Crippen LogP contribution in [0.3, 0.4) is 0 Å². The third kappa shape index (κ3) is 3.95. The van der Waals surface area contributed by atoms with E-state index in [1.54, 1.807) is 6.20 Å². The summed E-state index contributed by atoms with van der Waals surface area (Å²) in [5.74, 6) is 1.10. The molecule has 0 aliphatic carbocycles. The molecule has 0 fully saturated rings. The first kappa shape index (κ1) is 18.7. The number of benzene rings is 1. The van der Waals surface area contributed by atoms with Gasteiger partial charge in [0.2, 0.25) is 0 Å². The minimum Gasteiger partial charge on any atom is -0.486 e. The Kier molecular flexibility index (Phi) is 5.45. The Hall–Kier alpha value is -2.64. The van der Waals surface area contributed by atoms with Crippen LogP contribution in [0.1, 0.15) is 20.9 Å². The van der Waals surface area contributed by atoms with Crippen molar-refractivity contribution < 1.29 is 14.3 Å². The van der Waals surface area contributed by atoms with E-state index >= 15 is 0 Å². The highest BCUT2D eigenvalue weighted by Crippen LogP contribution is 2.38. The van der Waals surface area contributed by atoms with Crippen molar-refractivity contribution in [3.8, 4) is 22.2 Å². The van der Waals surface area contributed by atoms with E-state index in [0.29, 0.717) is 53.3 Å². The fraction of sp³-hybridized carbons (Fsp3) is 0.250. The first-order chi connectivity index (χ1) is 13.6. The van der Waals surface area contributed by atoms with Crippen LogP contribution in [-0.4, -0.2) is 35.6 Å². The van der Waals surface area contributed by atoms with Crippen LogP contribution < -0.4 is 14.8 Å². The van der Waals surface area contributed by atoms with Crippen LogP contribution in [0.4, 0.5) is 0 Å². The molecule has 0 atom stereocenters. The van der Waals surface area contributed by atoms with Crippen LogP contribution >= 0.6 is 22.9 Å². The lowest BCUT2D eigenvalue weighted by molar-refractivity contribution is 0.0957. The standard InChI is InChI=1S/C20H18ClN3O3S/c1-12-18(28-20(24-12)15-4-2-3-6-22-15)19(25)23-7-5-13-10-14(21)17-16(11-13)26-8-9-27-17/h2-4,6,10-11H,5,7-9H2,1H3,(H,23,25). The van der Waals surface area contributed by atoms with Crippen LogP contribution in [0.5, 0.6) is 11.5 Å². The molecule has 0 unspecified atom stereocenters. The van der Waals surface area contributed by atoms with E-state index in [2.05, 4.69) is 15.3 Å². The van der Waals surface area contributed by atoms with Gasteiger partial charge in [0.05, 0.1) is 16.4 Å². The van der Waals surface area contributed by atoms with Crippen LogP contribution in [0.25, 0.3) is 10.7 Å². The molecule has 1 aliphatic heterocycles. The number of carbonyl (C=O) groups is 1. The number of pyridine rings is 1. The summed E-state index contributed by atoms with van der Waals surface area (Å²) in [7, 11) is 0. The first-order valence-electron chi connectivity index (χ1n) is 8.87. The summed E-state index contributed by atoms with van der Waals surface area (Å²) >= 11 is 7.61. The lowest BCUT2D eigenvalue weighted by Crippen LogP contribution is -2.25. The van der Waals surface area contributed by atoms with Crippen molar-refractivity contribution >= 4 is 28.8 Å². The maximum atomic E-state index is 12.6. The predicted octanol–water partition coefficient (Wildman–Crippen LogP) is 3.91. The van der Waals surface area contributed by atoms with Gasteiger partial charge < -0.3 is 14.8 Å². The average Bonchev–Trinajstić information content (AvgIpc) is 3.10. The Morgan fingerprint density at radius 2 is 2.14 bits per heavy atom. The molecule has 0 radical (unpaired) electrons. The molecule has 28 heavy (non-hydrogen) atoms. The van der Waals surface area contributed by atoms with Gasteiger partial charge in [0.1, 0.15) is 23.1 Å². The number of hydrogen-bond acceptors (Lipinski definition) is 6. The molecule has 144 valence electrons. The number of nitrogens with zero attached hydrogens (tertiary/aromatic N) is 2. The highest BCUT2D eigenvalue weighted by Gasteiger charge is 2.18. The van der Waals surface area contributed by atoms with Crippen LogP contribution in [0.2, 0.25) is 5.02 Å². The molecule has 0 spiro atoms. The van der Waals surface area contributed by atoms with Gasteiger partial charge in [-0.05, 0) is 43.2 Å². The molecule has 3 heterocycles. The Morgan fingerprint density at radius 3 is 2.96 bits per heavy atom. The number of halogens is 1. The van der Waals surface area contributed by atoms with Crippen molar-refractivity contribution in [3.05, 3.63) is 57.7 Å². The quantitative estimate of drug-likeness (QED) is 0.683. The van der Waals surface area contributed by atoms with Gasteiger partial charge in [0, 0.05) is 12.7 Å². The van der Waals surface area contributed by atoms with Crippen molar-refractivity contribution in [2.75, 3.05) is 19.8 Å². The van der Waals surface area contributed by atoms with Gasteiger partial charge in [-0.2, -0.15) is 0 Å². The first-order valence-corrected chi connectivity index (χ1v) is 10.1. The number of rotatable bonds is 5. The summed E-state index contributed by atoms with van der Waals surface area (Å²) in [6, 6.07) is 9.38. The number of thiazole rings is 1. The maximum absolute atomic E-state index is 12.6. The third-order valence-corrected chi connectivity index (χ3v) is 5.70. The van der Waals surface area contributed by atoms with Gasteiger partial charge in [-0.1, -0.05) is 17.7 Å². The highest BCUT2D eigenvalue weighted by atomic mass is 35.5. The fourth-order valence-electron chi connectivity index (χ4n) is 2.92. The number of amides is 1. The minimum absolute atomic E-state index is 0.138. The molecular weight excluding hydrogens is 398 g/mol. The summed E-state index contributed by atoms with van der Waals surface area (Å²) in [5.41, 5.74) is 2.44. The minimum atomic E-state index is -0.138. The summed E-state index contributed by atoms with van der Waals surface area (Å²) in [4.78, 5) is 21.9. The molecule has 1 aromatic carbocycles. The van der Waals surface area contributed by atoms with Crippen molar-refractivity contribution in [3.63, 3.8) is 0 Å². The summed E-state index contributed by atoms with van der Waals surface area (Å²) in [5, 5.41) is 4.21.